The molecule has 1 unspecified atom stereocenters. The lowest BCUT2D eigenvalue weighted by atomic mass is 9.97. The van der Waals surface area contributed by atoms with Crippen LogP contribution in [0.5, 0.6) is 0 Å². The summed E-state index contributed by atoms with van der Waals surface area (Å²) in [6, 6.07) is 5.89. The van der Waals surface area contributed by atoms with Crippen molar-refractivity contribution >= 4 is 0 Å². The van der Waals surface area contributed by atoms with Crippen LogP contribution in [-0.2, 0) is 0 Å². The highest BCUT2D eigenvalue weighted by Gasteiger charge is 2.15. The average Bonchev–Trinajstić information content (AvgIpc) is 2.48. The van der Waals surface area contributed by atoms with Crippen LogP contribution in [0.4, 0.5) is 4.39 Å². The third-order valence-electron chi connectivity index (χ3n) is 4.14. The molecule has 0 bridgehead atoms. The minimum absolute atomic E-state index is 0.0357. The fraction of sp³-hybridized carbons (Fsp3) is 0.684. The summed E-state index contributed by atoms with van der Waals surface area (Å²) in [6.45, 7) is 7.06. The van der Waals surface area contributed by atoms with Crippen LogP contribution in [0.15, 0.2) is 18.2 Å². The van der Waals surface area contributed by atoms with Gasteiger partial charge in [0, 0.05) is 11.6 Å². The highest BCUT2D eigenvalue weighted by Crippen LogP contribution is 2.24. The van der Waals surface area contributed by atoms with Crippen LogP contribution >= 0.6 is 0 Å². The molecule has 1 aromatic carbocycles. The van der Waals surface area contributed by atoms with E-state index in [0.717, 1.165) is 24.1 Å². The molecule has 0 aromatic heterocycles. The first-order valence-corrected chi connectivity index (χ1v) is 8.69. The second-order valence-electron chi connectivity index (χ2n) is 6.00. The van der Waals surface area contributed by atoms with Crippen LogP contribution in [0.1, 0.15) is 82.4 Å². The van der Waals surface area contributed by atoms with Gasteiger partial charge in [-0.15, -0.1) is 0 Å². The zero-order valence-electron chi connectivity index (χ0n) is 14.1. The molecular formula is C19H32FN. The second-order valence-corrected chi connectivity index (χ2v) is 6.00. The first-order valence-electron chi connectivity index (χ1n) is 8.69. The molecule has 1 rings (SSSR count). The Morgan fingerprint density at radius 1 is 1.00 bits per heavy atom. The number of hydrogen-bond donors (Lipinski definition) is 1. The van der Waals surface area contributed by atoms with Gasteiger partial charge in [0.05, 0.1) is 0 Å². The maximum atomic E-state index is 14.2. The second kappa shape index (κ2) is 10.8. The van der Waals surface area contributed by atoms with Crippen LogP contribution in [0, 0.1) is 12.7 Å². The van der Waals surface area contributed by atoms with Crippen molar-refractivity contribution in [3.63, 3.8) is 0 Å². The number of hydrogen-bond acceptors (Lipinski definition) is 1. The van der Waals surface area contributed by atoms with Crippen molar-refractivity contribution < 1.29 is 4.39 Å². The molecule has 2 heteroatoms. The number of halogens is 1. The molecule has 0 heterocycles. The number of nitrogens with one attached hydrogen (secondary N) is 1. The van der Waals surface area contributed by atoms with E-state index in [4.69, 9.17) is 0 Å². The molecule has 1 aromatic rings. The Balaban J connectivity index is 2.41. The highest BCUT2D eigenvalue weighted by atomic mass is 19.1. The summed E-state index contributed by atoms with van der Waals surface area (Å²) in [7, 11) is 0. The van der Waals surface area contributed by atoms with Gasteiger partial charge in [0.1, 0.15) is 5.82 Å². The zero-order valence-corrected chi connectivity index (χ0v) is 14.1. The lowest BCUT2D eigenvalue weighted by Crippen LogP contribution is -2.22. The van der Waals surface area contributed by atoms with E-state index in [1.54, 1.807) is 0 Å². The highest BCUT2D eigenvalue weighted by molar-refractivity contribution is 5.27. The van der Waals surface area contributed by atoms with Gasteiger partial charge in [0.2, 0.25) is 0 Å². The number of unbranched alkanes of at least 4 members (excludes halogenated alkanes) is 6. The molecule has 21 heavy (non-hydrogen) atoms. The van der Waals surface area contributed by atoms with Crippen molar-refractivity contribution in [2.45, 2.75) is 78.2 Å². The maximum absolute atomic E-state index is 14.2. The molecule has 0 aliphatic carbocycles. The molecule has 0 aliphatic heterocycles. The topological polar surface area (TPSA) is 12.0 Å². The molecule has 1 nitrogen and oxygen atoms in total. The Labute approximate surface area is 130 Å². The lowest BCUT2D eigenvalue weighted by Gasteiger charge is -2.19. The summed E-state index contributed by atoms with van der Waals surface area (Å²) in [4.78, 5) is 0. The largest absolute Gasteiger partial charge is 0.310 e. The smallest absolute Gasteiger partial charge is 0.130 e. The minimum atomic E-state index is -0.0357. The van der Waals surface area contributed by atoms with Crippen molar-refractivity contribution in [3.8, 4) is 0 Å². The van der Waals surface area contributed by atoms with Crippen molar-refractivity contribution in [2.24, 2.45) is 0 Å². The summed E-state index contributed by atoms with van der Waals surface area (Å²) in [5.74, 6) is -0.0357. The van der Waals surface area contributed by atoms with E-state index in [1.165, 1.54) is 44.9 Å². The monoisotopic (exact) mass is 293 g/mol. The Kier molecular flexibility index (Phi) is 9.32. The first-order chi connectivity index (χ1) is 10.2. The van der Waals surface area contributed by atoms with E-state index in [1.807, 2.05) is 25.1 Å². The van der Waals surface area contributed by atoms with Crippen molar-refractivity contribution in [1.82, 2.24) is 5.32 Å². The predicted molar refractivity (Wildman–Crippen MR) is 90.2 cm³/mol. The zero-order chi connectivity index (χ0) is 15.5. The van der Waals surface area contributed by atoms with E-state index in [9.17, 15) is 4.39 Å². The normalized spacial score (nSPS) is 12.6. The number of aryl methyl sites for hydroxylation is 1. The van der Waals surface area contributed by atoms with E-state index >= 15 is 0 Å². The fourth-order valence-electron chi connectivity index (χ4n) is 2.86. The van der Waals surface area contributed by atoms with Crippen LogP contribution in [0.25, 0.3) is 0 Å². The molecule has 0 saturated carbocycles. The molecular weight excluding hydrogens is 261 g/mol. The van der Waals surface area contributed by atoms with Gasteiger partial charge >= 0.3 is 0 Å². The minimum Gasteiger partial charge on any atom is -0.310 e. The van der Waals surface area contributed by atoms with Gasteiger partial charge in [-0.3, -0.25) is 0 Å². The summed E-state index contributed by atoms with van der Waals surface area (Å²) < 4.78 is 14.2. The Morgan fingerprint density at radius 3 is 2.33 bits per heavy atom. The molecule has 0 fully saturated rings. The third-order valence-corrected chi connectivity index (χ3v) is 4.14. The summed E-state index contributed by atoms with van der Waals surface area (Å²) in [5.41, 5.74) is 1.58. The molecule has 1 N–H and O–H groups in total. The van der Waals surface area contributed by atoms with Gasteiger partial charge in [-0.05, 0) is 25.5 Å². The molecule has 0 saturated heterocycles. The molecule has 0 spiro atoms. The van der Waals surface area contributed by atoms with Crippen molar-refractivity contribution in [3.05, 3.63) is 35.1 Å². The molecule has 1 atom stereocenters. The van der Waals surface area contributed by atoms with Gasteiger partial charge in [0.25, 0.3) is 0 Å². The van der Waals surface area contributed by atoms with Crippen LogP contribution in [0.2, 0.25) is 0 Å². The Hall–Kier alpha value is -0.890. The summed E-state index contributed by atoms with van der Waals surface area (Å²) in [6.07, 6.45) is 10.1. The predicted octanol–water partition coefficient (Wildman–Crippen LogP) is 5.93. The van der Waals surface area contributed by atoms with Crippen molar-refractivity contribution in [1.29, 1.82) is 0 Å². The molecule has 0 amide bonds. The van der Waals surface area contributed by atoms with Crippen LogP contribution < -0.4 is 5.32 Å². The fourth-order valence-corrected chi connectivity index (χ4v) is 2.86. The number of benzene rings is 1. The molecule has 120 valence electrons. The summed E-state index contributed by atoms with van der Waals surface area (Å²) in [5, 5.41) is 3.44. The van der Waals surface area contributed by atoms with Gasteiger partial charge in [-0.25, -0.2) is 4.39 Å². The van der Waals surface area contributed by atoms with E-state index < -0.39 is 0 Å². The molecule has 0 radical (unpaired) electrons. The van der Waals surface area contributed by atoms with E-state index in [-0.39, 0.29) is 11.9 Å². The third kappa shape index (κ3) is 6.60. The summed E-state index contributed by atoms with van der Waals surface area (Å²) >= 11 is 0. The Bertz CT molecular complexity index is 389. The maximum Gasteiger partial charge on any atom is 0.130 e. The van der Waals surface area contributed by atoms with Crippen LogP contribution in [-0.4, -0.2) is 6.54 Å². The lowest BCUT2D eigenvalue weighted by molar-refractivity contribution is 0.455. The Morgan fingerprint density at radius 2 is 1.67 bits per heavy atom. The van der Waals surface area contributed by atoms with E-state index in [0.29, 0.717) is 0 Å². The number of rotatable bonds is 11. The quantitative estimate of drug-likeness (QED) is 0.499. The van der Waals surface area contributed by atoms with Gasteiger partial charge in [-0.1, -0.05) is 77.0 Å². The average molecular weight is 293 g/mol. The SMILES string of the molecule is CCCCCCCCCC(NCC)c1cccc(C)c1F. The van der Waals surface area contributed by atoms with Gasteiger partial charge < -0.3 is 5.32 Å². The van der Waals surface area contributed by atoms with Gasteiger partial charge in [-0.2, -0.15) is 0 Å². The standard InChI is InChI=1S/C19H32FN/c1-4-6-7-8-9-10-11-15-18(21-5-2)17-14-12-13-16(3)19(17)20/h12-14,18,21H,4-11,15H2,1-3H3. The van der Waals surface area contributed by atoms with Crippen molar-refractivity contribution in [2.75, 3.05) is 6.54 Å². The van der Waals surface area contributed by atoms with Crippen LogP contribution in [0.3, 0.4) is 0 Å². The van der Waals surface area contributed by atoms with Gasteiger partial charge in [0.15, 0.2) is 0 Å². The van der Waals surface area contributed by atoms with E-state index in [2.05, 4.69) is 19.2 Å². The first kappa shape index (κ1) is 18.2. The molecule has 0 aliphatic rings.